The smallest absolute Gasteiger partial charge is 0.119 e. The summed E-state index contributed by atoms with van der Waals surface area (Å²) < 4.78 is 5.57. The van der Waals surface area contributed by atoms with Gasteiger partial charge in [-0.15, -0.1) is 0 Å². The number of rotatable bonds is 4. The van der Waals surface area contributed by atoms with Gasteiger partial charge in [-0.2, -0.15) is 0 Å². The van der Waals surface area contributed by atoms with E-state index in [1.54, 1.807) is 0 Å². The van der Waals surface area contributed by atoms with Crippen LogP contribution in [0.4, 0.5) is 0 Å². The highest BCUT2D eigenvalue weighted by Gasteiger charge is 2.34. The second-order valence-electron chi connectivity index (χ2n) is 5.61. The van der Waals surface area contributed by atoms with Crippen molar-refractivity contribution < 1.29 is 9.84 Å². The van der Waals surface area contributed by atoms with Crippen molar-refractivity contribution in [3.8, 4) is 5.75 Å². The second-order valence-corrected chi connectivity index (χ2v) is 5.61. The van der Waals surface area contributed by atoms with E-state index < -0.39 is 5.60 Å². The first-order chi connectivity index (χ1) is 8.64. The van der Waals surface area contributed by atoms with Crippen LogP contribution < -0.4 is 4.74 Å². The molecule has 2 nitrogen and oxygen atoms in total. The van der Waals surface area contributed by atoms with E-state index in [1.807, 2.05) is 24.3 Å². The molecule has 100 valence electrons. The lowest BCUT2D eigenvalue weighted by Crippen LogP contribution is -2.31. The van der Waals surface area contributed by atoms with Crippen LogP contribution in [-0.2, 0) is 5.60 Å². The maximum atomic E-state index is 10.7. The lowest BCUT2D eigenvalue weighted by molar-refractivity contribution is -0.0179. The van der Waals surface area contributed by atoms with Crippen molar-refractivity contribution in [3.05, 3.63) is 29.8 Å². The molecule has 2 heteroatoms. The van der Waals surface area contributed by atoms with Gasteiger partial charge in [0, 0.05) is 0 Å². The van der Waals surface area contributed by atoms with Crippen molar-refractivity contribution in [1.82, 2.24) is 0 Å². The first-order valence-electron chi connectivity index (χ1n) is 7.10. The van der Waals surface area contributed by atoms with Gasteiger partial charge in [0.2, 0.25) is 0 Å². The van der Waals surface area contributed by atoms with Crippen LogP contribution in [-0.4, -0.2) is 11.7 Å². The molecule has 0 heterocycles. The fourth-order valence-corrected chi connectivity index (χ4v) is 2.87. The van der Waals surface area contributed by atoms with Crippen LogP contribution in [0.3, 0.4) is 0 Å². The van der Waals surface area contributed by atoms with Crippen molar-refractivity contribution in [2.45, 2.75) is 51.6 Å². The molecule has 0 saturated heterocycles. The number of hydrogen-bond donors (Lipinski definition) is 1. The zero-order valence-electron chi connectivity index (χ0n) is 11.5. The molecule has 0 radical (unpaired) electrons. The quantitative estimate of drug-likeness (QED) is 0.876. The summed E-state index contributed by atoms with van der Waals surface area (Å²) in [5.41, 5.74) is 0.416. The Morgan fingerprint density at radius 3 is 2.67 bits per heavy atom. The van der Waals surface area contributed by atoms with Crippen molar-refractivity contribution in [3.63, 3.8) is 0 Å². The van der Waals surface area contributed by atoms with E-state index in [4.69, 9.17) is 4.74 Å². The third-order valence-corrected chi connectivity index (χ3v) is 3.84. The molecule has 2 unspecified atom stereocenters. The van der Waals surface area contributed by atoms with Crippen molar-refractivity contribution in [2.75, 3.05) is 6.61 Å². The molecule has 0 bridgehead atoms. The molecule has 1 saturated carbocycles. The largest absolute Gasteiger partial charge is 0.494 e. The molecule has 1 aromatic carbocycles. The Kier molecular flexibility index (Phi) is 4.28. The highest BCUT2D eigenvalue weighted by molar-refractivity contribution is 5.31. The maximum Gasteiger partial charge on any atom is 0.119 e. The maximum absolute atomic E-state index is 10.7. The lowest BCUT2D eigenvalue weighted by Gasteiger charge is -2.36. The lowest BCUT2D eigenvalue weighted by atomic mass is 9.75. The Morgan fingerprint density at radius 2 is 2.06 bits per heavy atom. The van der Waals surface area contributed by atoms with Gasteiger partial charge < -0.3 is 9.84 Å². The Bertz CT molecular complexity index is 371. The Labute approximate surface area is 110 Å². The average Bonchev–Trinajstić information content (AvgIpc) is 2.36. The van der Waals surface area contributed by atoms with Gasteiger partial charge in [-0.05, 0) is 49.3 Å². The van der Waals surface area contributed by atoms with Gasteiger partial charge >= 0.3 is 0 Å². The Hall–Kier alpha value is -1.02. The summed E-state index contributed by atoms with van der Waals surface area (Å²) in [5.74, 6) is 1.51. The van der Waals surface area contributed by atoms with Crippen LogP contribution in [0, 0.1) is 5.92 Å². The fourth-order valence-electron chi connectivity index (χ4n) is 2.87. The number of benzene rings is 1. The number of ether oxygens (including phenoxy) is 1. The minimum atomic E-state index is -0.624. The highest BCUT2D eigenvalue weighted by Crippen LogP contribution is 2.40. The van der Waals surface area contributed by atoms with Crippen LogP contribution in [0.1, 0.15) is 51.5 Å². The zero-order valence-corrected chi connectivity index (χ0v) is 11.5. The molecule has 1 aliphatic carbocycles. The summed E-state index contributed by atoms with van der Waals surface area (Å²) in [7, 11) is 0. The third-order valence-electron chi connectivity index (χ3n) is 3.84. The highest BCUT2D eigenvalue weighted by atomic mass is 16.5. The second kappa shape index (κ2) is 5.75. The van der Waals surface area contributed by atoms with Gasteiger partial charge in [0.05, 0.1) is 12.2 Å². The summed E-state index contributed by atoms with van der Waals surface area (Å²) in [6.07, 6.45) is 5.13. The van der Waals surface area contributed by atoms with Gasteiger partial charge in [-0.1, -0.05) is 32.4 Å². The molecular weight excluding hydrogens is 224 g/mol. The molecule has 0 spiro atoms. The van der Waals surface area contributed by atoms with Crippen LogP contribution in [0.5, 0.6) is 5.75 Å². The number of aliphatic hydroxyl groups is 1. The van der Waals surface area contributed by atoms with Gasteiger partial charge in [-0.3, -0.25) is 0 Å². The minimum absolute atomic E-state index is 0.611. The Morgan fingerprint density at radius 1 is 1.33 bits per heavy atom. The molecule has 18 heavy (non-hydrogen) atoms. The van der Waals surface area contributed by atoms with E-state index in [9.17, 15) is 5.11 Å². The fraction of sp³-hybridized carbons (Fsp3) is 0.625. The first kappa shape index (κ1) is 13.4. The van der Waals surface area contributed by atoms with Crippen LogP contribution in [0.25, 0.3) is 0 Å². The molecule has 1 fully saturated rings. The summed E-state index contributed by atoms with van der Waals surface area (Å²) in [5, 5.41) is 10.7. The predicted octanol–water partition coefficient (Wildman–Crippen LogP) is 3.87. The van der Waals surface area contributed by atoms with E-state index in [2.05, 4.69) is 13.8 Å². The summed E-state index contributed by atoms with van der Waals surface area (Å²) >= 11 is 0. The van der Waals surface area contributed by atoms with Crippen molar-refractivity contribution >= 4 is 0 Å². The molecule has 0 aromatic heterocycles. The summed E-state index contributed by atoms with van der Waals surface area (Å²) in [6.45, 7) is 5.07. The summed E-state index contributed by atoms with van der Waals surface area (Å²) in [6, 6.07) is 7.98. The Balaban J connectivity index is 2.08. The molecule has 2 atom stereocenters. The molecule has 0 aliphatic heterocycles. The first-order valence-corrected chi connectivity index (χ1v) is 7.10. The predicted molar refractivity (Wildman–Crippen MR) is 73.8 cm³/mol. The van der Waals surface area contributed by atoms with E-state index in [1.165, 1.54) is 6.42 Å². The average molecular weight is 248 g/mol. The standard InChI is InChI=1S/C16H24O2/c1-3-11-18-15-8-6-14(7-9-15)16(17)10-4-5-13(2)12-16/h6-9,13,17H,3-5,10-12H2,1-2H3. The number of hydrogen-bond acceptors (Lipinski definition) is 2. The van der Waals surface area contributed by atoms with Crippen LogP contribution in [0.2, 0.25) is 0 Å². The van der Waals surface area contributed by atoms with Gasteiger partial charge in [0.1, 0.15) is 5.75 Å². The molecule has 1 N–H and O–H groups in total. The molecule has 2 rings (SSSR count). The molecule has 1 aromatic rings. The molecule has 1 aliphatic rings. The van der Waals surface area contributed by atoms with Gasteiger partial charge in [0.15, 0.2) is 0 Å². The van der Waals surface area contributed by atoms with Crippen LogP contribution >= 0.6 is 0 Å². The van der Waals surface area contributed by atoms with Crippen LogP contribution in [0.15, 0.2) is 24.3 Å². The molecule has 0 amide bonds. The van der Waals surface area contributed by atoms with E-state index in [-0.39, 0.29) is 0 Å². The summed E-state index contributed by atoms with van der Waals surface area (Å²) in [4.78, 5) is 0. The monoisotopic (exact) mass is 248 g/mol. The SMILES string of the molecule is CCCOc1ccc(C2(O)CCCC(C)C2)cc1. The minimum Gasteiger partial charge on any atom is -0.494 e. The third kappa shape index (κ3) is 3.05. The normalized spacial score (nSPS) is 28.1. The molecular formula is C16H24O2. The van der Waals surface area contributed by atoms with Crippen molar-refractivity contribution in [2.24, 2.45) is 5.92 Å². The topological polar surface area (TPSA) is 29.5 Å². The van der Waals surface area contributed by atoms with E-state index >= 15 is 0 Å². The van der Waals surface area contributed by atoms with E-state index in [0.29, 0.717) is 5.92 Å². The van der Waals surface area contributed by atoms with Gasteiger partial charge in [0.25, 0.3) is 0 Å². The zero-order chi connectivity index (χ0) is 13.0. The van der Waals surface area contributed by atoms with Gasteiger partial charge in [-0.25, -0.2) is 0 Å². The van der Waals surface area contributed by atoms with E-state index in [0.717, 1.165) is 43.6 Å². The van der Waals surface area contributed by atoms with Crippen molar-refractivity contribution in [1.29, 1.82) is 0 Å².